The van der Waals surface area contributed by atoms with Gasteiger partial charge in [0.15, 0.2) is 5.78 Å². The number of carbonyl (C=O) groups excluding carboxylic acids is 1. The summed E-state index contributed by atoms with van der Waals surface area (Å²) in [5.74, 6) is 2.26. The fourth-order valence-electron chi connectivity index (χ4n) is 1.72. The predicted octanol–water partition coefficient (Wildman–Crippen LogP) is 4.08. The number of methoxy groups -OCH3 is 1. The molecule has 3 nitrogen and oxygen atoms in total. The van der Waals surface area contributed by atoms with Crippen molar-refractivity contribution < 1.29 is 14.3 Å². The van der Waals surface area contributed by atoms with E-state index in [9.17, 15) is 4.79 Å². The molecule has 0 saturated carbocycles. The summed E-state index contributed by atoms with van der Waals surface area (Å²) in [4.78, 5) is 11.6. The van der Waals surface area contributed by atoms with Crippen molar-refractivity contribution >= 4 is 5.78 Å². The van der Waals surface area contributed by atoms with Crippen molar-refractivity contribution in [2.24, 2.45) is 0 Å². The van der Waals surface area contributed by atoms with Crippen LogP contribution in [0.3, 0.4) is 0 Å². The first-order chi connectivity index (χ1) is 9.22. The fourth-order valence-corrected chi connectivity index (χ4v) is 1.72. The van der Waals surface area contributed by atoms with E-state index in [1.165, 1.54) is 0 Å². The van der Waals surface area contributed by atoms with Gasteiger partial charge in [0.2, 0.25) is 0 Å². The van der Waals surface area contributed by atoms with E-state index in [1.807, 2.05) is 43.3 Å². The molecule has 19 heavy (non-hydrogen) atoms. The second kappa shape index (κ2) is 6.05. The number of carbonyl (C=O) groups is 1. The summed E-state index contributed by atoms with van der Waals surface area (Å²) >= 11 is 0. The molecule has 0 heterocycles. The van der Waals surface area contributed by atoms with E-state index in [2.05, 4.69) is 0 Å². The lowest BCUT2D eigenvalue weighted by molar-refractivity contribution is 0.0988. The molecule has 0 unspecified atom stereocenters. The van der Waals surface area contributed by atoms with Gasteiger partial charge in [-0.05, 0) is 36.4 Å². The topological polar surface area (TPSA) is 35.5 Å². The lowest BCUT2D eigenvalue weighted by Crippen LogP contribution is -1.96. The standard InChI is InChI=1S/C16H16O3/c1-3-16(17)12-5-4-6-15(11-12)19-14-9-7-13(18-2)8-10-14/h4-11H,3H2,1-2H3. The average Bonchev–Trinajstić information content (AvgIpc) is 2.47. The van der Waals surface area contributed by atoms with Gasteiger partial charge in [-0.15, -0.1) is 0 Å². The van der Waals surface area contributed by atoms with Crippen molar-refractivity contribution in [3.8, 4) is 17.2 Å². The zero-order valence-electron chi connectivity index (χ0n) is 11.1. The first-order valence-corrected chi connectivity index (χ1v) is 6.18. The van der Waals surface area contributed by atoms with Crippen LogP contribution in [-0.2, 0) is 0 Å². The van der Waals surface area contributed by atoms with Crippen molar-refractivity contribution in [2.75, 3.05) is 7.11 Å². The summed E-state index contributed by atoms with van der Waals surface area (Å²) < 4.78 is 10.8. The minimum Gasteiger partial charge on any atom is -0.497 e. The molecule has 0 amide bonds. The SMILES string of the molecule is CCC(=O)c1cccc(Oc2ccc(OC)cc2)c1. The van der Waals surface area contributed by atoms with Crippen LogP contribution in [0, 0.1) is 0 Å². The Morgan fingerprint density at radius 2 is 1.68 bits per heavy atom. The number of hydrogen-bond donors (Lipinski definition) is 0. The maximum Gasteiger partial charge on any atom is 0.162 e. The molecule has 2 aromatic rings. The van der Waals surface area contributed by atoms with Crippen molar-refractivity contribution in [1.29, 1.82) is 0 Å². The maximum atomic E-state index is 11.6. The highest BCUT2D eigenvalue weighted by molar-refractivity contribution is 5.96. The molecule has 0 aliphatic heterocycles. The van der Waals surface area contributed by atoms with E-state index >= 15 is 0 Å². The molecule has 0 bridgehead atoms. The number of benzene rings is 2. The summed E-state index contributed by atoms with van der Waals surface area (Å²) in [5, 5.41) is 0. The summed E-state index contributed by atoms with van der Waals surface area (Å²) in [5.41, 5.74) is 0.675. The smallest absolute Gasteiger partial charge is 0.162 e. The number of ketones is 1. The van der Waals surface area contributed by atoms with Crippen LogP contribution in [-0.4, -0.2) is 12.9 Å². The highest BCUT2D eigenvalue weighted by atomic mass is 16.5. The maximum absolute atomic E-state index is 11.6. The minimum atomic E-state index is 0.111. The number of hydrogen-bond acceptors (Lipinski definition) is 3. The zero-order chi connectivity index (χ0) is 13.7. The Kier molecular flexibility index (Phi) is 4.18. The van der Waals surface area contributed by atoms with Gasteiger partial charge >= 0.3 is 0 Å². The predicted molar refractivity (Wildman–Crippen MR) is 74.1 cm³/mol. The fraction of sp³-hybridized carbons (Fsp3) is 0.188. The van der Waals surface area contributed by atoms with Crippen LogP contribution in [0.2, 0.25) is 0 Å². The van der Waals surface area contributed by atoms with Crippen molar-refractivity contribution in [1.82, 2.24) is 0 Å². The molecule has 0 aliphatic rings. The Bertz CT molecular complexity index is 558. The van der Waals surface area contributed by atoms with Gasteiger partial charge in [-0.2, -0.15) is 0 Å². The lowest BCUT2D eigenvalue weighted by Gasteiger charge is -2.07. The lowest BCUT2D eigenvalue weighted by atomic mass is 10.1. The molecule has 3 heteroatoms. The Labute approximate surface area is 112 Å². The van der Waals surface area contributed by atoms with Crippen LogP contribution in [0.4, 0.5) is 0 Å². The quantitative estimate of drug-likeness (QED) is 0.756. The second-order valence-electron chi connectivity index (χ2n) is 4.08. The van der Waals surface area contributed by atoms with E-state index in [0.717, 1.165) is 5.75 Å². The molecular weight excluding hydrogens is 240 g/mol. The molecule has 2 rings (SSSR count). The first kappa shape index (κ1) is 13.1. The van der Waals surface area contributed by atoms with Crippen LogP contribution in [0.1, 0.15) is 23.7 Å². The third-order valence-corrected chi connectivity index (χ3v) is 2.77. The van der Waals surface area contributed by atoms with Crippen molar-refractivity contribution in [3.63, 3.8) is 0 Å². The van der Waals surface area contributed by atoms with E-state index in [-0.39, 0.29) is 5.78 Å². The second-order valence-corrected chi connectivity index (χ2v) is 4.08. The van der Waals surface area contributed by atoms with Gasteiger partial charge in [-0.3, -0.25) is 4.79 Å². The van der Waals surface area contributed by atoms with E-state index < -0.39 is 0 Å². The van der Waals surface area contributed by atoms with Crippen molar-refractivity contribution in [2.45, 2.75) is 13.3 Å². The van der Waals surface area contributed by atoms with E-state index in [4.69, 9.17) is 9.47 Å². The average molecular weight is 256 g/mol. The van der Waals surface area contributed by atoms with Crippen LogP contribution < -0.4 is 9.47 Å². The third-order valence-electron chi connectivity index (χ3n) is 2.77. The summed E-state index contributed by atoms with van der Waals surface area (Å²) in [6.07, 6.45) is 0.492. The van der Waals surface area contributed by atoms with Gasteiger partial charge in [0.25, 0.3) is 0 Å². The van der Waals surface area contributed by atoms with Gasteiger partial charge in [0, 0.05) is 12.0 Å². The van der Waals surface area contributed by atoms with E-state index in [1.54, 1.807) is 19.2 Å². The molecule has 98 valence electrons. The van der Waals surface area contributed by atoms with Crippen LogP contribution >= 0.6 is 0 Å². The highest BCUT2D eigenvalue weighted by Gasteiger charge is 2.05. The summed E-state index contributed by atoms with van der Waals surface area (Å²) in [6.45, 7) is 1.85. The Hall–Kier alpha value is -2.29. The van der Waals surface area contributed by atoms with Gasteiger partial charge in [0.05, 0.1) is 7.11 Å². The molecule has 0 N–H and O–H groups in total. The van der Waals surface area contributed by atoms with E-state index in [0.29, 0.717) is 23.5 Å². The van der Waals surface area contributed by atoms with Crippen LogP contribution in [0.5, 0.6) is 17.2 Å². The molecule has 0 radical (unpaired) electrons. The monoisotopic (exact) mass is 256 g/mol. The van der Waals surface area contributed by atoms with Gasteiger partial charge in [-0.1, -0.05) is 19.1 Å². The first-order valence-electron chi connectivity index (χ1n) is 6.18. The Balaban J connectivity index is 2.16. The normalized spacial score (nSPS) is 10.0. The van der Waals surface area contributed by atoms with Crippen LogP contribution in [0.15, 0.2) is 48.5 Å². The molecule has 0 fully saturated rings. The van der Waals surface area contributed by atoms with Crippen molar-refractivity contribution in [3.05, 3.63) is 54.1 Å². The molecule has 0 atom stereocenters. The van der Waals surface area contributed by atoms with Gasteiger partial charge in [-0.25, -0.2) is 0 Å². The zero-order valence-corrected chi connectivity index (χ0v) is 11.1. The molecule has 0 spiro atoms. The molecule has 2 aromatic carbocycles. The Morgan fingerprint density at radius 1 is 1.00 bits per heavy atom. The minimum absolute atomic E-state index is 0.111. The summed E-state index contributed by atoms with van der Waals surface area (Å²) in [7, 11) is 1.62. The highest BCUT2D eigenvalue weighted by Crippen LogP contribution is 2.24. The van der Waals surface area contributed by atoms with Gasteiger partial charge < -0.3 is 9.47 Å². The largest absolute Gasteiger partial charge is 0.497 e. The number of Topliss-reactive ketones (excluding diaryl/α,β-unsaturated/α-hetero) is 1. The molecular formula is C16H16O3. The Morgan fingerprint density at radius 3 is 2.32 bits per heavy atom. The number of rotatable bonds is 5. The third kappa shape index (κ3) is 3.35. The number of ether oxygens (including phenoxy) is 2. The molecule has 0 aliphatic carbocycles. The molecule has 0 saturated heterocycles. The van der Waals surface area contributed by atoms with Crippen LogP contribution in [0.25, 0.3) is 0 Å². The summed E-state index contributed by atoms with van der Waals surface area (Å²) in [6, 6.07) is 14.5. The van der Waals surface area contributed by atoms with Gasteiger partial charge in [0.1, 0.15) is 17.2 Å². The molecule has 0 aromatic heterocycles.